The van der Waals surface area contributed by atoms with Crippen LogP contribution < -0.4 is 0 Å². The molecule has 0 saturated carbocycles. The van der Waals surface area contributed by atoms with Gasteiger partial charge in [0, 0.05) is 0 Å². The Labute approximate surface area is 24.9 Å². The Balaban J connectivity index is 3.95. The summed E-state index contributed by atoms with van der Waals surface area (Å²) < 4.78 is 8.90. The molecular formula is CO2Si. The highest BCUT2D eigenvalue weighted by atomic mass is 28.2. The Morgan fingerprint density at radius 1 is 1.75 bits per heavy atom. The van der Waals surface area contributed by atoms with Crippen molar-refractivity contribution in [1.29, 1.82) is 0 Å². The molecule has 0 bridgehead atoms. The maximum absolute atomic E-state index is 8.90. The van der Waals surface area contributed by atoms with Crippen molar-refractivity contribution in [3.63, 3.8) is 0 Å². The quantitative estimate of drug-likeness (QED) is 0.348. The van der Waals surface area contributed by atoms with Crippen molar-refractivity contribution in [3.8, 4) is 0 Å². The Kier molecular flexibility index (Phi) is 2.34. The van der Waals surface area contributed by atoms with E-state index in [1.807, 2.05) is 0 Å². The topological polar surface area (TPSA) is 34.1 Å². The van der Waals surface area contributed by atoms with Crippen LogP contribution in [0.1, 0.15) is 0 Å². The van der Waals surface area contributed by atoms with E-state index in [4.69, 9.17) is 9.26 Å². The van der Waals surface area contributed by atoms with E-state index in [1.54, 1.807) is 0 Å². The van der Waals surface area contributed by atoms with Crippen LogP contribution in [0, 0.1) is 0 Å². The Morgan fingerprint density at radius 3 is 2.00 bits per heavy atom. The lowest BCUT2D eigenvalue weighted by Crippen LogP contribution is -1.42. The average molecular weight is 72.1 g/mol. The molecule has 0 unspecified atom stereocenters. The summed E-state index contributed by atoms with van der Waals surface area (Å²) in [4.78, 5) is 8.75. The maximum Gasteiger partial charge on any atom is 0.367 e. The van der Waals surface area contributed by atoms with Crippen molar-refractivity contribution in [2.75, 3.05) is 0 Å². The summed E-state index contributed by atoms with van der Waals surface area (Å²) in [6, 6.07) is 0. The Bertz CT molecular complexity index is 56.1. The molecule has 0 heterocycles. The predicted octanol–water partition coefficient (Wildman–Crippen LogP) is -0.897. The van der Waals surface area contributed by atoms with E-state index < -0.39 is 9.02 Å². The van der Waals surface area contributed by atoms with E-state index in [0.717, 1.165) is 5.54 Å². The van der Waals surface area contributed by atoms with Crippen molar-refractivity contribution < 1.29 is 9.26 Å². The number of hydrogen-bond donors (Lipinski definition) is 0. The highest BCUT2D eigenvalue weighted by Crippen LogP contribution is 0.881. The summed E-state index contributed by atoms with van der Waals surface area (Å²) in [5, 5.41) is 0. The van der Waals surface area contributed by atoms with Gasteiger partial charge in [-0.1, -0.05) is 0 Å². The lowest BCUT2D eigenvalue weighted by atomic mass is 11.9. The fourth-order valence-corrected chi connectivity index (χ4v) is 0. The highest BCUT2D eigenvalue weighted by Gasteiger charge is 1.30. The molecule has 0 spiro atoms. The van der Waals surface area contributed by atoms with Crippen LogP contribution in [0.3, 0.4) is 0 Å². The van der Waals surface area contributed by atoms with Crippen LogP contribution in [-0.4, -0.2) is 14.6 Å². The molecule has 4 heavy (non-hydrogen) atoms. The molecule has 2 nitrogen and oxygen atoms in total. The van der Waals surface area contributed by atoms with Gasteiger partial charge in [0.25, 0.3) is 0 Å². The lowest BCUT2D eigenvalue weighted by Gasteiger charge is -1.07. The molecule has 0 aliphatic carbocycles. The summed E-state index contributed by atoms with van der Waals surface area (Å²) in [5.74, 6) is 0. The fourth-order valence-electron chi connectivity index (χ4n) is 0. The first-order valence-corrected chi connectivity index (χ1v) is 1.57. The second kappa shape index (κ2) is 2.60. The van der Waals surface area contributed by atoms with Crippen LogP contribution in [0.5, 0.6) is 0 Å². The molecule has 0 aliphatic heterocycles. The molecule has 0 fully saturated rings. The molecule has 0 aromatic rings. The third-order valence-electron chi connectivity index (χ3n) is 0.0417. The molecular weight excluding hydrogens is 72.1 g/mol. The maximum atomic E-state index is 8.90. The molecule has 0 aromatic carbocycles. The molecule has 0 saturated heterocycles. The average Bonchev–Trinajstić information content (AvgIpc) is 1.37. The van der Waals surface area contributed by atoms with Gasteiger partial charge < -0.3 is 4.46 Å². The smallest absolute Gasteiger partial charge is 0.312 e. The van der Waals surface area contributed by atoms with Crippen molar-refractivity contribution in [3.05, 3.63) is 0 Å². The van der Waals surface area contributed by atoms with E-state index in [-0.39, 0.29) is 0 Å². The van der Waals surface area contributed by atoms with Crippen LogP contribution in [0.2, 0.25) is 0 Å². The number of hydrogen-bond acceptors (Lipinski definition) is 2. The number of carbonyl (C=O) groups excluding carboxylic acids is 1. The predicted molar refractivity (Wildman–Crippen MR) is 12.1 cm³/mol. The molecule has 0 amide bonds. The van der Waals surface area contributed by atoms with E-state index in [9.17, 15) is 0 Å². The van der Waals surface area contributed by atoms with Crippen molar-refractivity contribution in [2.45, 2.75) is 0 Å². The minimum Gasteiger partial charge on any atom is -0.312 e. The SMILES string of the molecule is O=C=[Si]=O. The minimum atomic E-state index is -0.915. The molecule has 0 aliphatic rings. The summed E-state index contributed by atoms with van der Waals surface area (Å²) >= 11 is 0. The van der Waals surface area contributed by atoms with Gasteiger partial charge in [0.1, 0.15) is 0 Å². The second-order valence-electron chi connectivity index (χ2n) is 0.204. The van der Waals surface area contributed by atoms with Gasteiger partial charge in [-0.05, 0) is 0 Å². The largest absolute Gasteiger partial charge is 0.367 e. The van der Waals surface area contributed by atoms with Gasteiger partial charge in [0.2, 0.25) is 0 Å². The van der Waals surface area contributed by atoms with Crippen molar-refractivity contribution in [1.82, 2.24) is 0 Å². The van der Waals surface area contributed by atoms with E-state index in [2.05, 4.69) is 0 Å². The number of rotatable bonds is 0. The van der Waals surface area contributed by atoms with Gasteiger partial charge in [0.05, 0.1) is 0 Å². The third kappa shape index (κ3) is 1.60. The Morgan fingerprint density at radius 2 is 2.00 bits per heavy atom. The first-order chi connectivity index (χ1) is 1.91. The molecule has 0 aromatic heterocycles. The summed E-state index contributed by atoms with van der Waals surface area (Å²) in [6.45, 7) is 0. The zero-order valence-electron chi connectivity index (χ0n) is 1.82. The third-order valence-corrected chi connectivity index (χ3v) is 0.125. The molecule has 20 valence electrons. The zero-order valence-corrected chi connectivity index (χ0v) is 2.82. The normalized spacial score (nSPS) is 3.00. The van der Waals surface area contributed by atoms with E-state index in [1.165, 1.54) is 0 Å². The highest BCUT2D eigenvalue weighted by molar-refractivity contribution is 6.27. The van der Waals surface area contributed by atoms with Crippen LogP contribution in [0.25, 0.3) is 0 Å². The summed E-state index contributed by atoms with van der Waals surface area (Å²) in [6.07, 6.45) is 0. The van der Waals surface area contributed by atoms with E-state index in [0.29, 0.717) is 0 Å². The van der Waals surface area contributed by atoms with E-state index >= 15 is 0 Å². The van der Waals surface area contributed by atoms with Crippen LogP contribution in [0.4, 0.5) is 0 Å². The Hall–Kier alpha value is -0.403. The molecule has 0 atom stereocenters. The van der Waals surface area contributed by atoms with Crippen LogP contribution in [0.15, 0.2) is 0 Å². The summed E-state index contributed by atoms with van der Waals surface area (Å²) in [5.41, 5.74) is 1.15. The van der Waals surface area contributed by atoms with Crippen molar-refractivity contribution >= 4 is 14.6 Å². The molecule has 3 heteroatoms. The lowest BCUT2D eigenvalue weighted by molar-refractivity contribution is 0.562. The molecule has 0 rings (SSSR count). The minimum absolute atomic E-state index is 0.915. The zero-order chi connectivity index (χ0) is 3.41. The monoisotopic (exact) mass is 72.0 g/mol. The second-order valence-corrected chi connectivity index (χ2v) is 0.612. The fraction of sp³-hybridized carbons (Fsp3) is 0. The van der Waals surface area contributed by atoms with Crippen molar-refractivity contribution in [2.24, 2.45) is 0 Å². The first-order valence-electron chi connectivity index (χ1n) is 0.658. The first kappa shape index (κ1) is 3.60. The molecule has 0 N–H and O–H groups in total. The van der Waals surface area contributed by atoms with Gasteiger partial charge in [0.15, 0.2) is 5.54 Å². The summed E-state index contributed by atoms with van der Waals surface area (Å²) in [7, 11) is -0.915. The molecule has 0 radical (unpaired) electrons. The van der Waals surface area contributed by atoms with Gasteiger partial charge >= 0.3 is 9.02 Å². The van der Waals surface area contributed by atoms with Gasteiger partial charge in [-0.15, -0.1) is 0 Å². The van der Waals surface area contributed by atoms with Crippen LogP contribution in [-0.2, 0) is 9.26 Å². The van der Waals surface area contributed by atoms with Gasteiger partial charge in [-0.25, -0.2) is 4.79 Å². The standard InChI is InChI=1S/CO2Si/c2-1-4-3. The van der Waals surface area contributed by atoms with Gasteiger partial charge in [-0.2, -0.15) is 0 Å². The van der Waals surface area contributed by atoms with Gasteiger partial charge in [-0.3, -0.25) is 0 Å². The van der Waals surface area contributed by atoms with Crippen LogP contribution >= 0.6 is 0 Å².